The molecule has 0 amide bonds. The molecular weight excluding hydrogens is 170 g/mol. The van der Waals surface area contributed by atoms with Crippen LogP contribution in [0.1, 0.15) is 31.3 Å². The first-order chi connectivity index (χ1) is 6.24. The van der Waals surface area contributed by atoms with Gasteiger partial charge in [0, 0.05) is 13.7 Å². The fraction of sp³-hybridized carbons (Fsp3) is 0.750. The Balaban J connectivity index is 3.04. The molecule has 1 atom stereocenters. The van der Waals surface area contributed by atoms with Crippen LogP contribution >= 0.6 is 0 Å². The Morgan fingerprint density at radius 2 is 2.31 bits per heavy atom. The Kier molecular flexibility index (Phi) is 3.39. The quantitative estimate of drug-likeness (QED) is 0.742. The fourth-order valence-electron chi connectivity index (χ4n) is 1.26. The van der Waals surface area contributed by atoms with Crippen molar-refractivity contribution in [2.75, 3.05) is 7.11 Å². The third-order valence-corrected chi connectivity index (χ3v) is 2.04. The van der Waals surface area contributed by atoms with Gasteiger partial charge in [0.1, 0.15) is 5.69 Å². The number of aliphatic hydroxyl groups excluding tert-OH is 1. The van der Waals surface area contributed by atoms with E-state index in [-0.39, 0.29) is 12.7 Å². The first kappa shape index (κ1) is 10.1. The highest BCUT2D eigenvalue weighted by molar-refractivity contribution is 5.11. The number of hydrogen-bond acceptors (Lipinski definition) is 4. The zero-order chi connectivity index (χ0) is 9.84. The maximum absolute atomic E-state index is 9.00. The number of aromatic nitrogens is 3. The number of methoxy groups -OCH3 is 1. The minimum absolute atomic E-state index is 0.0860. The summed E-state index contributed by atoms with van der Waals surface area (Å²) in [7, 11) is 1.62. The van der Waals surface area contributed by atoms with E-state index in [0.29, 0.717) is 5.69 Å². The van der Waals surface area contributed by atoms with E-state index in [2.05, 4.69) is 10.3 Å². The molecule has 0 bridgehead atoms. The summed E-state index contributed by atoms with van der Waals surface area (Å²) in [5, 5.41) is 16.8. The second kappa shape index (κ2) is 4.34. The molecule has 5 nitrogen and oxygen atoms in total. The maximum Gasteiger partial charge on any atom is 0.114 e. The zero-order valence-corrected chi connectivity index (χ0v) is 8.19. The standard InChI is InChI=1S/C8H15N3O2/c1-4-11-8(6(2)13-3)7(5-12)9-10-11/h6,12H,4-5H2,1-3H3. The van der Waals surface area contributed by atoms with Gasteiger partial charge < -0.3 is 9.84 Å². The summed E-state index contributed by atoms with van der Waals surface area (Å²) in [5.74, 6) is 0. The second-order valence-corrected chi connectivity index (χ2v) is 2.77. The van der Waals surface area contributed by atoms with Gasteiger partial charge in [-0.15, -0.1) is 5.10 Å². The van der Waals surface area contributed by atoms with Gasteiger partial charge in [0.05, 0.1) is 18.4 Å². The lowest BCUT2D eigenvalue weighted by Crippen LogP contribution is -2.09. The minimum atomic E-state index is -0.0942. The highest BCUT2D eigenvalue weighted by Crippen LogP contribution is 2.18. The van der Waals surface area contributed by atoms with Gasteiger partial charge >= 0.3 is 0 Å². The molecule has 0 saturated heterocycles. The first-order valence-corrected chi connectivity index (χ1v) is 4.30. The van der Waals surface area contributed by atoms with Crippen LogP contribution in [0.5, 0.6) is 0 Å². The molecular formula is C8H15N3O2. The van der Waals surface area contributed by atoms with Gasteiger partial charge in [-0.2, -0.15) is 0 Å². The Hall–Kier alpha value is -0.940. The fourth-order valence-corrected chi connectivity index (χ4v) is 1.26. The molecule has 1 heterocycles. The normalized spacial score (nSPS) is 13.2. The maximum atomic E-state index is 9.00. The van der Waals surface area contributed by atoms with E-state index in [1.54, 1.807) is 11.8 Å². The van der Waals surface area contributed by atoms with Gasteiger partial charge in [0.25, 0.3) is 0 Å². The lowest BCUT2D eigenvalue weighted by molar-refractivity contribution is 0.109. The van der Waals surface area contributed by atoms with E-state index in [0.717, 1.165) is 12.2 Å². The van der Waals surface area contributed by atoms with Crippen LogP contribution in [-0.4, -0.2) is 27.2 Å². The van der Waals surface area contributed by atoms with Gasteiger partial charge in [-0.3, -0.25) is 0 Å². The number of rotatable bonds is 4. The van der Waals surface area contributed by atoms with E-state index in [1.807, 2.05) is 13.8 Å². The van der Waals surface area contributed by atoms with Gasteiger partial charge in [0.15, 0.2) is 0 Å². The number of ether oxygens (including phenoxy) is 1. The van der Waals surface area contributed by atoms with E-state index in [9.17, 15) is 0 Å². The monoisotopic (exact) mass is 185 g/mol. The van der Waals surface area contributed by atoms with E-state index in [4.69, 9.17) is 9.84 Å². The Bertz CT molecular complexity index is 251. The molecule has 1 aromatic heterocycles. The highest BCUT2D eigenvalue weighted by Gasteiger charge is 2.16. The topological polar surface area (TPSA) is 60.2 Å². The van der Waals surface area contributed by atoms with Crippen LogP contribution in [-0.2, 0) is 17.9 Å². The molecule has 74 valence electrons. The number of aryl methyl sites for hydroxylation is 1. The van der Waals surface area contributed by atoms with Crippen LogP contribution < -0.4 is 0 Å². The van der Waals surface area contributed by atoms with Crippen molar-refractivity contribution >= 4 is 0 Å². The Morgan fingerprint density at radius 1 is 1.62 bits per heavy atom. The van der Waals surface area contributed by atoms with E-state index < -0.39 is 0 Å². The molecule has 1 rings (SSSR count). The summed E-state index contributed by atoms with van der Waals surface area (Å²) in [5.41, 5.74) is 1.45. The largest absolute Gasteiger partial charge is 0.390 e. The zero-order valence-electron chi connectivity index (χ0n) is 8.19. The lowest BCUT2D eigenvalue weighted by atomic mass is 10.2. The molecule has 5 heteroatoms. The first-order valence-electron chi connectivity index (χ1n) is 4.30. The van der Waals surface area contributed by atoms with Crippen LogP contribution in [0.3, 0.4) is 0 Å². The van der Waals surface area contributed by atoms with Gasteiger partial charge in [0.2, 0.25) is 0 Å². The molecule has 0 saturated carbocycles. The van der Waals surface area contributed by atoms with Crippen molar-refractivity contribution < 1.29 is 9.84 Å². The molecule has 1 aromatic rings. The highest BCUT2D eigenvalue weighted by atomic mass is 16.5. The second-order valence-electron chi connectivity index (χ2n) is 2.77. The SMILES string of the molecule is CCn1nnc(CO)c1C(C)OC. The molecule has 0 spiro atoms. The summed E-state index contributed by atoms with van der Waals surface area (Å²) in [6.07, 6.45) is -0.0860. The van der Waals surface area contributed by atoms with Gasteiger partial charge in [-0.05, 0) is 13.8 Å². The van der Waals surface area contributed by atoms with Crippen molar-refractivity contribution in [2.24, 2.45) is 0 Å². The van der Waals surface area contributed by atoms with Crippen LogP contribution in [0.15, 0.2) is 0 Å². The Labute approximate surface area is 77.3 Å². The summed E-state index contributed by atoms with van der Waals surface area (Å²) < 4.78 is 6.90. The smallest absolute Gasteiger partial charge is 0.114 e. The average molecular weight is 185 g/mol. The van der Waals surface area contributed by atoms with Crippen molar-refractivity contribution in [1.82, 2.24) is 15.0 Å². The van der Waals surface area contributed by atoms with E-state index >= 15 is 0 Å². The molecule has 0 radical (unpaired) electrons. The molecule has 0 aromatic carbocycles. The predicted octanol–water partition coefficient (Wildman–Crippen LogP) is 0.498. The molecule has 0 aliphatic carbocycles. The molecule has 1 unspecified atom stereocenters. The van der Waals surface area contributed by atoms with Crippen molar-refractivity contribution in [3.63, 3.8) is 0 Å². The van der Waals surface area contributed by atoms with Crippen LogP contribution in [0.4, 0.5) is 0 Å². The van der Waals surface area contributed by atoms with Crippen molar-refractivity contribution in [1.29, 1.82) is 0 Å². The van der Waals surface area contributed by atoms with Gasteiger partial charge in [-0.25, -0.2) is 4.68 Å². The summed E-state index contributed by atoms with van der Waals surface area (Å²) in [4.78, 5) is 0. The molecule has 0 aliphatic heterocycles. The van der Waals surface area contributed by atoms with Crippen molar-refractivity contribution in [2.45, 2.75) is 33.1 Å². The summed E-state index contributed by atoms with van der Waals surface area (Å²) in [6.45, 7) is 4.52. The van der Waals surface area contributed by atoms with Crippen molar-refractivity contribution in [3.05, 3.63) is 11.4 Å². The third kappa shape index (κ3) is 1.87. The molecule has 0 fully saturated rings. The molecule has 0 aliphatic rings. The third-order valence-electron chi connectivity index (χ3n) is 2.04. The molecule has 13 heavy (non-hydrogen) atoms. The number of hydrogen-bond donors (Lipinski definition) is 1. The predicted molar refractivity (Wildman–Crippen MR) is 47.0 cm³/mol. The Morgan fingerprint density at radius 3 is 2.77 bits per heavy atom. The van der Waals surface area contributed by atoms with Crippen LogP contribution in [0.2, 0.25) is 0 Å². The van der Waals surface area contributed by atoms with Gasteiger partial charge in [-0.1, -0.05) is 5.21 Å². The van der Waals surface area contributed by atoms with E-state index in [1.165, 1.54) is 0 Å². The summed E-state index contributed by atoms with van der Waals surface area (Å²) >= 11 is 0. The number of aliphatic hydroxyl groups is 1. The van der Waals surface area contributed by atoms with Crippen LogP contribution in [0.25, 0.3) is 0 Å². The minimum Gasteiger partial charge on any atom is -0.390 e. The molecule has 1 N–H and O–H groups in total. The summed E-state index contributed by atoms with van der Waals surface area (Å²) in [6, 6.07) is 0. The van der Waals surface area contributed by atoms with Crippen molar-refractivity contribution in [3.8, 4) is 0 Å². The van der Waals surface area contributed by atoms with Crippen LogP contribution in [0, 0.1) is 0 Å². The average Bonchev–Trinajstić information content (AvgIpc) is 2.59. The lowest BCUT2D eigenvalue weighted by Gasteiger charge is -2.11. The number of nitrogens with zero attached hydrogens (tertiary/aromatic N) is 3.